The summed E-state index contributed by atoms with van der Waals surface area (Å²) in [6.07, 6.45) is 5.14. The number of fused-ring (bicyclic) bond motifs is 6. The fourth-order valence-electron chi connectivity index (χ4n) is 8.98. The van der Waals surface area contributed by atoms with Gasteiger partial charge in [0.25, 0.3) is 5.91 Å². The van der Waals surface area contributed by atoms with E-state index < -0.39 is 5.92 Å². The van der Waals surface area contributed by atoms with Crippen molar-refractivity contribution in [3.8, 4) is 0 Å². The lowest BCUT2D eigenvalue weighted by molar-refractivity contribution is -0.134. The zero-order chi connectivity index (χ0) is 41.2. The molecule has 0 spiro atoms. The van der Waals surface area contributed by atoms with Crippen molar-refractivity contribution >= 4 is 84.9 Å². The number of nitrogens with one attached hydrogen (secondary N) is 3. The molecule has 0 bridgehead atoms. The average molecular weight is 818 g/mol. The first-order valence-corrected chi connectivity index (χ1v) is 21.9. The third kappa shape index (κ3) is 8.15. The minimum Gasteiger partial charge on any atom is -0.381 e. The SMILES string of the molecule is C=NN(/C=C(\C)C1CCN(CCN2CCN(c3ccc4c(C5CCC(=O)NC5=O)nn(C)c4c3)CC2)CC1)c1ccc2c(ccc3sc4c(c32)NCCNC4=O)n1.CC. The van der Waals surface area contributed by atoms with Crippen LogP contribution >= 0.6 is 11.3 Å². The molecule has 1 unspecified atom stereocenters. The Balaban J connectivity index is 0.00000238. The van der Waals surface area contributed by atoms with Gasteiger partial charge in [0, 0.05) is 105 Å². The number of thiophene rings is 1. The molecule has 3 fully saturated rings. The number of anilines is 3. The number of nitrogens with zero attached hydrogens (tertiary/aromatic N) is 8. The Morgan fingerprint density at radius 2 is 1.66 bits per heavy atom. The molecule has 3 saturated heterocycles. The van der Waals surface area contributed by atoms with E-state index in [0.717, 1.165) is 119 Å². The Morgan fingerprint density at radius 3 is 2.41 bits per heavy atom. The summed E-state index contributed by atoms with van der Waals surface area (Å²) in [6, 6.07) is 14.6. The zero-order valence-corrected chi connectivity index (χ0v) is 35.4. The second-order valence-electron chi connectivity index (χ2n) is 15.7. The average Bonchev–Trinajstić information content (AvgIpc) is 3.74. The summed E-state index contributed by atoms with van der Waals surface area (Å²) in [5.74, 6) is 0.312. The Labute approximate surface area is 349 Å². The molecule has 3 N–H and O–H groups in total. The number of carbonyl (C=O) groups is 3. The van der Waals surface area contributed by atoms with Gasteiger partial charge in [-0.15, -0.1) is 11.3 Å². The summed E-state index contributed by atoms with van der Waals surface area (Å²) in [5.41, 5.74) is 5.97. The number of aryl methyl sites for hydroxylation is 1. The van der Waals surface area contributed by atoms with Gasteiger partial charge in [-0.2, -0.15) is 10.2 Å². The maximum atomic E-state index is 12.7. The molecule has 0 aliphatic carbocycles. The quantitative estimate of drug-likeness (QED) is 0.0936. The second-order valence-corrected chi connectivity index (χ2v) is 16.7. The minimum absolute atomic E-state index is 0.0278. The predicted octanol–water partition coefficient (Wildman–Crippen LogP) is 5.90. The van der Waals surface area contributed by atoms with Crippen LogP contribution in [0.5, 0.6) is 0 Å². The summed E-state index contributed by atoms with van der Waals surface area (Å²) in [4.78, 5) is 50.2. The van der Waals surface area contributed by atoms with Crippen LogP contribution in [-0.4, -0.2) is 114 Å². The summed E-state index contributed by atoms with van der Waals surface area (Å²) < 4.78 is 2.93. The Hall–Kier alpha value is -5.38. The summed E-state index contributed by atoms with van der Waals surface area (Å²) >= 11 is 1.51. The van der Waals surface area contributed by atoms with Crippen LogP contribution in [-0.2, 0) is 16.6 Å². The number of likely N-dealkylation sites (tertiary alicyclic amines) is 1. The lowest BCUT2D eigenvalue weighted by atomic mass is 9.90. The van der Waals surface area contributed by atoms with Crippen LogP contribution < -0.4 is 25.9 Å². The van der Waals surface area contributed by atoms with Gasteiger partial charge in [0.15, 0.2) is 5.82 Å². The second kappa shape index (κ2) is 17.5. The molecule has 0 radical (unpaired) electrons. The van der Waals surface area contributed by atoms with E-state index in [2.05, 4.69) is 85.9 Å². The van der Waals surface area contributed by atoms with Gasteiger partial charge in [0.1, 0.15) is 4.88 Å². The molecule has 5 aromatic rings. The molecule has 14 nitrogen and oxygen atoms in total. The number of hydrogen-bond acceptors (Lipinski definition) is 12. The highest BCUT2D eigenvalue weighted by molar-refractivity contribution is 7.21. The number of piperazine rings is 1. The molecule has 1 atom stereocenters. The smallest absolute Gasteiger partial charge is 0.263 e. The number of hydrazone groups is 1. The first-order chi connectivity index (χ1) is 28.7. The largest absolute Gasteiger partial charge is 0.381 e. The number of carbonyl (C=O) groups excluding carboxylic acids is 3. The fraction of sp³-hybridized carbons (Fsp3) is 0.455. The molecular formula is C44H55N11O3S. The van der Waals surface area contributed by atoms with Gasteiger partial charge in [-0.25, -0.2) is 9.99 Å². The van der Waals surface area contributed by atoms with Crippen LogP contribution in [0, 0.1) is 5.92 Å². The molecule has 9 rings (SSSR count). The van der Waals surface area contributed by atoms with E-state index >= 15 is 0 Å². The van der Waals surface area contributed by atoms with E-state index in [9.17, 15) is 14.4 Å². The monoisotopic (exact) mass is 817 g/mol. The first-order valence-electron chi connectivity index (χ1n) is 21.1. The Bertz CT molecular complexity index is 2420. The van der Waals surface area contributed by atoms with Gasteiger partial charge >= 0.3 is 0 Å². The highest BCUT2D eigenvalue weighted by Gasteiger charge is 2.32. The van der Waals surface area contributed by atoms with Crippen molar-refractivity contribution in [2.24, 2.45) is 18.1 Å². The van der Waals surface area contributed by atoms with E-state index in [4.69, 9.17) is 10.1 Å². The van der Waals surface area contributed by atoms with Crippen molar-refractivity contribution in [3.05, 3.63) is 64.8 Å². The normalized spacial score (nSPS) is 19.8. The topological polar surface area (TPSA) is 143 Å². The van der Waals surface area contributed by atoms with Crippen LogP contribution in [0.25, 0.3) is 31.9 Å². The number of hydrogen-bond donors (Lipinski definition) is 3. The summed E-state index contributed by atoms with van der Waals surface area (Å²) in [6.45, 7) is 19.6. The fourth-order valence-corrected chi connectivity index (χ4v) is 10.1. The lowest BCUT2D eigenvalue weighted by Gasteiger charge is -2.38. The van der Waals surface area contributed by atoms with Crippen LogP contribution in [0.1, 0.15) is 67.7 Å². The number of benzene rings is 2. The van der Waals surface area contributed by atoms with Crippen molar-refractivity contribution in [2.45, 2.75) is 52.4 Å². The molecule has 4 aliphatic rings. The molecule has 3 amide bonds. The molecule has 3 aromatic heterocycles. The lowest BCUT2D eigenvalue weighted by Crippen LogP contribution is -2.49. The highest BCUT2D eigenvalue weighted by Crippen LogP contribution is 2.41. The number of imide groups is 1. The van der Waals surface area contributed by atoms with Gasteiger partial charge < -0.3 is 20.4 Å². The number of rotatable bonds is 9. The van der Waals surface area contributed by atoms with Gasteiger partial charge in [-0.05, 0) is 87.7 Å². The van der Waals surface area contributed by atoms with Gasteiger partial charge in [-0.3, -0.25) is 29.3 Å². The van der Waals surface area contributed by atoms with Gasteiger partial charge in [-0.1, -0.05) is 19.4 Å². The van der Waals surface area contributed by atoms with Crippen molar-refractivity contribution in [1.29, 1.82) is 0 Å². The molecule has 59 heavy (non-hydrogen) atoms. The predicted molar refractivity (Wildman–Crippen MR) is 239 cm³/mol. The highest BCUT2D eigenvalue weighted by atomic mass is 32.1. The van der Waals surface area contributed by atoms with Crippen LogP contribution in [0.4, 0.5) is 17.2 Å². The van der Waals surface area contributed by atoms with Crippen LogP contribution in [0.15, 0.2) is 59.3 Å². The molecule has 0 saturated carbocycles. The van der Waals surface area contributed by atoms with Crippen LogP contribution in [0.2, 0.25) is 0 Å². The van der Waals surface area contributed by atoms with Gasteiger partial charge in [0.05, 0.1) is 28.3 Å². The van der Waals surface area contributed by atoms with Crippen LogP contribution in [0.3, 0.4) is 0 Å². The number of amides is 3. The molecule has 15 heteroatoms. The number of aromatic nitrogens is 3. The van der Waals surface area contributed by atoms with E-state index in [0.29, 0.717) is 31.8 Å². The number of pyridine rings is 1. The molecule has 2 aromatic carbocycles. The summed E-state index contributed by atoms with van der Waals surface area (Å²) in [5, 5.41) is 22.8. The third-order valence-corrected chi connectivity index (χ3v) is 13.4. The number of piperidine rings is 2. The molecular weight excluding hydrogens is 763 g/mol. The van der Waals surface area contributed by atoms with E-state index in [1.54, 1.807) is 5.01 Å². The molecule has 4 aliphatic heterocycles. The van der Waals surface area contributed by atoms with Crippen molar-refractivity contribution in [2.75, 3.05) is 80.7 Å². The zero-order valence-electron chi connectivity index (χ0n) is 34.6. The molecule has 310 valence electrons. The van der Waals surface area contributed by atoms with E-state index in [-0.39, 0.29) is 17.7 Å². The van der Waals surface area contributed by atoms with Gasteiger partial charge in [0.2, 0.25) is 11.8 Å². The van der Waals surface area contributed by atoms with Crippen molar-refractivity contribution in [1.82, 2.24) is 35.2 Å². The molecule has 7 heterocycles. The van der Waals surface area contributed by atoms with E-state index in [1.165, 1.54) is 22.6 Å². The third-order valence-electron chi connectivity index (χ3n) is 12.3. The van der Waals surface area contributed by atoms with Crippen molar-refractivity contribution < 1.29 is 14.4 Å². The first kappa shape index (κ1) is 40.4. The summed E-state index contributed by atoms with van der Waals surface area (Å²) in [7, 11) is 1.92. The number of allylic oxidation sites excluding steroid dienone is 1. The van der Waals surface area contributed by atoms with E-state index in [1.807, 2.05) is 37.7 Å². The Morgan fingerprint density at radius 1 is 0.932 bits per heavy atom. The standard InChI is InChI=1S/C42H49N11O3S.C2H6/c1-26(25-53(43-2)35-10-6-29-32(46-35)8-9-34-37(29)39-40(57-34)42(56)45-15-14-44-39)27-12-16-50(17-13-27)18-19-51-20-22-52(23-21-51)28-4-5-30-33(24-28)49(3)48-38(30)31-7-11-36(54)47-41(31)55;1-2/h4-6,8-10,24-25,27,31,44H,2,7,11-23H2,1,3H3,(H,45,56)(H,47,54,55);1-2H3/b26-25+;. The Kier molecular flexibility index (Phi) is 12.0. The van der Waals surface area contributed by atoms with Crippen molar-refractivity contribution in [3.63, 3.8) is 0 Å². The maximum Gasteiger partial charge on any atom is 0.263 e. The minimum atomic E-state index is -0.396. The maximum absolute atomic E-state index is 12.7.